The Hall–Kier alpha value is -1.48. The zero-order valence-electron chi connectivity index (χ0n) is 11.5. The summed E-state index contributed by atoms with van der Waals surface area (Å²) in [6.45, 7) is 4.98. The van der Waals surface area contributed by atoms with E-state index in [1.807, 2.05) is 0 Å². The van der Waals surface area contributed by atoms with Crippen LogP contribution in [-0.4, -0.2) is 36.7 Å². The highest BCUT2D eigenvalue weighted by Gasteiger charge is 2.03. The van der Waals surface area contributed by atoms with Crippen molar-refractivity contribution in [3.8, 4) is 5.75 Å². The zero-order valence-corrected chi connectivity index (χ0v) is 11.5. The summed E-state index contributed by atoms with van der Waals surface area (Å²) >= 11 is 0. The van der Waals surface area contributed by atoms with Crippen molar-refractivity contribution >= 4 is 10.9 Å². The van der Waals surface area contributed by atoms with Gasteiger partial charge < -0.3 is 14.2 Å². The molecule has 3 nitrogen and oxygen atoms in total. The Balaban J connectivity index is 2.15. The zero-order chi connectivity index (χ0) is 13.0. The summed E-state index contributed by atoms with van der Waals surface area (Å²) in [5, 5.41) is 1.25. The number of hydrogen-bond donors (Lipinski definition) is 0. The van der Waals surface area contributed by atoms with Crippen LogP contribution in [0.2, 0.25) is 0 Å². The van der Waals surface area contributed by atoms with Crippen molar-refractivity contribution in [2.75, 3.05) is 27.2 Å². The van der Waals surface area contributed by atoms with Gasteiger partial charge in [-0.15, -0.1) is 0 Å². The predicted octanol–water partition coefficient (Wildman–Crippen LogP) is 2.99. The van der Waals surface area contributed by atoms with Crippen LogP contribution in [0.5, 0.6) is 5.75 Å². The average molecular weight is 246 g/mol. The van der Waals surface area contributed by atoms with E-state index in [2.05, 4.69) is 60.9 Å². The molecule has 2 rings (SSSR count). The molecular weight excluding hydrogens is 224 g/mol. The first-order valence-electron chi connectivity index (χ1n) is 6.57. The third-order valence-corrected chi connectivity index (χ3v) is 3.00. The number of aromatic nitrogens is 1. The molecule has 2 aromatic rings. The third-order valence-electron chi connectivity index (χ3n) is 3.00. The van der Waals surface area contributed by atoms with E-state index < -0.39 is 0 Å². The minimum atomic E-state index is 0.785. The monoisotopic (exact) mass is 246 g/mol. The third kappa shape index (κ3) is 3.05. The van der Waals surface area contributed by atoms with Crippen LogP contribution in [-0.2, 0) is 6.54 Å². The summed E-state index contributed by atoms with van der Waals surface area (Å²) in [5.41, 5.74) is 1.28. The first-order chi connectivity index (χ1) is 8.70. The van der Waals surface area contributed by atoms with Gasteiger partial charge in [0.2, 0.25) is 0 Å². The van der Waals surface area contributed by atoms with Crippen LogP contribution < -0.4 is 4.74 Å². The lowest BCUT2D eigenvalue weighted by Gasteiger charge is -2.11. The van der Waals surface area contributed by atoms with E-state index in [1.54, 1.807) is 0 Å². The van der Waals surface area contributed by atoms with Crippen molar-refractivity contribution in [2.45, 2.75) is 19.9 Å². The predicted molar refractivity (Wildman–Crippen MR) is 76.3 cm³/mol. The number of hydrogen-bond acceptors (Lipinski definition) is 2. The second-order valence-corrected chi connectivity index (χ2v) is 4.88. The molecule has 0 aliphatic rings. The number of benzene rings is 1. The number of nitrogens with zero attached hydrogens (tertiary/aromatic N) is 2. The molecule has 1 aromatic carbocycles. The Morgan fingerprint density at radius 3 is 2.78 bits per heavy atom. The lowest BCUT2D eigenvalue weighted by atomic mass is 10.2. The highest BCUT2D eigenvalue weighted by Crippen LogP contribution is 2.22. The Bertz CT molecular complexity index is 502. The van der Waals surface area contributed by atoms with Gasteiger partial charge in [-0.25, -0.2) is 0 Å². The Kier molecular flexibility index (Phi) is 4.26. The van der Waals surface area contributed by atoms with Crippen LogP contribution in [0.25, 0.3) is 10.9 Å². The van der Waals surface area contributed by atoms with E-state index in [0.717, 1.165) is 31.9 Å². The van der Waals surface area contributed by atoms with Crippen molar-refractivity contribution in [1.82, 2.24) is 9.47 Å². The molecule has 0 bridgehead atoms. The normalized spacial score (nSPS) is 11.3. The molecule has 1 heterocycles. The Morgan fingerprint density at radius 2 is 2.06 bits per heavy atom. The van der Waals surface area contributed by atoms with Gasteiger partial charge in [-0.1, -0.05) is 6.92 Å². The highest BCUT2D eigenvalue weighted by molar-refractivity contribution is 5.81. The van der Waals surface area contributed by atoms with Crippen molar-refractivity contribution < 1.29 is 4.74 Å². The number of rotatable bonds is 6. The van der Waals surface area contributed by atoms with Crippen LogP contribution in [0.3, 0.4) is 0 Å². The van der Waals surface area contributed by atoms with Crippen LogP contribution in [0.4, 0.5) is 0 Å². The van der Waals surface area contributed by atoms with Gasteiger partial charge in [0.15, 0.2) is 0 Å². The van der Waals surface area contributed by atoms with Gasteiger partial charge in [0.05, 0.1) is 6.61 Å². The fourth-order valence-electron chi connectivity index (χ4n) is 1.99. The van der Waals surface area contributed by atoms with Crippen molar-refractivity contribution in [1.29, 1.82) is 0 Å². The molecule has 0 amide bonds. The Morgan fingerprint density at radius 1 is 1.22 bits per heavy atom. The van der Waals surface area contributed by atoms with E-state index in [-0.39, 0.29) is 0 Å². The van der Waals surface area contributed by atoms with Gasteiger partial charge in [-0.05, 0) is 44.8 Å². The molecule has 0 saturated carbocycles. The minimum absolute atomic E-state index is 0.785. The molecule has 0 fully saturated rings. The maximum absolute atomic E-state index is 5.65. The average Bonchev–Trinajstić information content (AvgIpc) is 2.76. The van der Waals surface area contributed by atoms with Crippen LogP contribution in [0.15, 0.2) is 30.5 Å². The van der Waals surface area contributed by atoms with E-state index in [4.69, 9.17) is 4.74 Å². The summed E-state index contributed by atoms with van der Waals surface area (Å²) in [6.07, 6.45) is 3.19. The van der Waals surface area contributed by atoms with E-state index >= 15 is 0 Å². The molecule has 0 radical (unpaired) electrons. The van der Waals surface area contributed by atoms with Gasteiger partial charge in [-0.3, -0.25) is 0 Å². The van der Waals surface area contributed by atoms with E-state index in [0.29, 0.717) is 0 Å². The topological polar surface area (TPSA) is 17.4 Å². The number of likely N-dealkylation sites (N-methyl/N-ethyl adjacent to an activating group) is 1. The lowest BCUT2D eigenvalue weighted by molar-refractivity contribution is 0.318. The minimum Gasteiger partial charge on any atom is -0.494 e. The first kappa shape index (κ1) is 13.0. The number of fused-ring (bicyclic) bond motifs is 1. The summed E-state index contributed by atoms with van der Waals surface area (Å²) in [5.74, 6) is 0.967. The Labute approximate surface area is 109 Å². The first-order valence-corrected chi connectivity index (χ1v) is 6.57. The molecule has 98 valence electrons. The summed E-state index contributed by atoms with van der Waals surface area (Å²) in [6, 6.07) is 8.49. The molecule has 1 aromatic heterocycles. The van der Waals surface area contributed by atoms with E-state index in [9.17, 15) is 0 Å². The molecule has 0 unspecified atom stereocenters. The van der Waals surface area contributed by atoms with Gasteiger partial charge in [-0.2, -0.15) is 0 Å². The smallest absolute Gasteiger partial charge is 0.120 e. The molecule has 0 saturated heterocycles. The fourth-order valence-corrected chi connectivity index (χ4v) is 1.99. The second-order valence-electron chi connectivity index (χ2n) is 4.88. The highest BCUT2D eigenvalue weighted by atomic mass is 16.5. The van der Waals surface area contributed by atoms with E-state index in [1.165, 1.54) is 10.9 Å². The van der Waals surface area contributed by atoms with Crippen molar-refractivity contribution in [2.24, 2.45) is 0 Å². The fraction of sp³-hybridized carbons (Fsp3) is 0.467. The van der Waals surface area contributed by atoms with Gasteiger partial charge in [0.1, 0.15) is 5.75 Å². The van der Waals surface area contributed by atoms with Crippen molar-refractivity contribution in [3.63, 3.8) is 0 Å². The molecule has 0 N–H and O–H groups in total. The molecule has 0 spiro atoms. The van der Waals surface area contributed by atoms with Gasteiger partial charge in [0, 0.05) is 30.2 Å². The van der Waals surface area contributed by atoms with Crippen molar-refractivity contribution in [3.05, 3.63) is 30.5 Å². The van der Waals surface area contributed by atoms with Crippen LogP contribution >= 0.6 is 0 Å². The molecule has 18 heavy (non-hydrogen) atoms. The molecule has 0 atom stereocenters. The van der Waals surface area contributed by atoms with Crippen LogP contribution in [0, 0.1) is 0 Å². The quantitative estimate of drug-likeness (QED) is 0.779. The summed E-state index contributed by atoms with van der Waals surface area (Å²) in [7, 11) is 4.20. The lowest BCUT2D eigenvalue weighted by Crippen LogP contribution is -2.17. The maximum Gasteiger partial charge on any atom is 0.120 e. The second kappa shape index (κ2) is 5.91. The molecular formula is C15H22N2O. The standard InChI is InChI=1S/C15H22N2O/c1-4-11-18-14-5-6-15-13(12-14)7-8-17(15)10-9-16(2)3/h5-8,12H,4,9-11H2,1-3H3. The van der Waals surface area contributed by atoms with Gasteiger partial charge >= 0.3 is 0 Å². The largest absolute Gasteiger partial charge is 0.494 e. The molecule has 0 aliphatic heterocycles. The SMILES string of the molecule is CCCOc1ccc2c(ccn2CCN(C)C)c1. The van der Waals surface area contributed by atoms with Crippen LogP contribution in [0.1, 0.15) is 13.3 Å². The molecule has 3 heteroatoms. The van der Waals surface area contributed by atoms with Gasteiger partial charge in [0.25, 0.3) is 0 Å². The number of ether oxygens (including phenoxy) is 1. The molecule has 0 aliphatic carbocycles. The maximum atomic E-state index is 5.65. The summed E-state index contributed by atoms with van der Waals surface area (Å²) < 4.78 is 7.94. The summed E-state index contributed by atoms with van der Waals surface area (Å²) in [4.78, 5) is 2.20.